The molecule has 0 fully saturated rings. The maximum absolute atomic E-state index is 11.9. The molecule has 1 unspecified atom stereocenters. The first kappa shape index (κ1) is 16.3. The van der Waals surface area contributed by atoms with Gasteiger partial charge in [0.25, 0.3) is 0 Å². The summed E-state index contributed by atoms with van der Waals surface area (Å²) >= 11 is 0. The van der Waals surface area contributed by atoms with Crippen LogP contribution in [-0.2, 0) is 9.47 Å². The van der Waals surface area contributed by atoms with Crippen LogP contribution in [0.4, 0.5) is 10.5 Å². The minimum atomic E-state index is -0.546. The number of hydrogen-bond acceptors (Lipinski definition) is 4. The van der Waals surface area contributed by atoms with Crippen LogP contribution in [0.1, 0.15) is 39.4 Å². The van der Waals surface area contributed by atoms with Gasteiger partial charge in [-0.3, -0.25) is 5.32 Å². The van der Waals surface area contributed by atoms with Crippen LogP contribution < -0.4 is 10.1 Å². The zero-order valence-corrected chi connectivity index (χ0v) is 12.9. The topological polar surface area (TPSA) is 56.8 Å². The molecule has 1 atom stereocenters. The zero-order valence-electron chi connectivity index (χ0n) is 12.9. The lowest BCUT2D eigenvalue weighted by Gasteiger charge is -2.21. The van der Waals surface area contributed by atoms with Crippen molar-refractivity contribution < 1.29 is 19.0 Å². The van der Waals surface area contributed by atoms with Crippen LogP contribution in [0.3, 0.4) is 0 Å². The van der Waals surface area contributed by atoms with Gasteiger partial charge in [-0.1, -0.05) is 6.07 Å². The number of ether oxygens (including phenoxy) is 3. The maximum atomic E-state index is 11.9. The van der Waals surface area contributed by atoms with Crippen LogP contribution in [0.25, 0.3) is 0 Å². The summed E-state index contributed by atoms with van der Waals surface area (Å²) in [4.78, 5) is 11.9. The third-order valence-corrected chi connectivity index (χ3v) is 2.69. The number of carbonyl (C=O) groups is 1. The Kier molecular flexibility index (Phi) is 5.39. The standard InChI is InChI=1S/C15H23NO4/c1-10(18-5)12-8-7-11(19-6)9-13(12)16-14(17)20-15(2,3)4/h7-10H,1-6H3,(H,16,17). The van der Waals surface area contributed by atoms with Crippen molar-refractivity contribution in [3.05, 3.63) is 23.8 Å². The molecule has 0 aliphatic carbocycles. The summed E-state index contributed by atoms with van der Waals surface area (Å²) in [5, 5.41) is 2.74. The second kappa shape index (κ2) is 6.61. The van der Waals surface area contributed by atoms with Crippen LogP contribution in [0, 0.1) is 0 Å². The van der Waals surface area contributed by atoms with E-state index in [4.69, 9.17) is 14.2 Å². The number of nitrogens with one attached hydrogen (secondary N) is 1. The molecule has 1 amide bonds. The van der Waals surface area contributed by atoms with E-state index in [1.165, 1.54) is 0 Å². The first-order valence-corrected chi connectivity index (χ1v) is 6.47. The molecule has 5 heteroatoms. The number of methoxy groups -OCH3 is 2. The monoisotopic (exact) mass is 281 g/mol. The molecule has 0 aliphatic heterocycles. The predicted octanol–water partition coefficient (Wildman–Crippen LogP) is 3.75. The zero-order chi connectivity index (χ0) is 15.3. The van der Waals surface area contributed by atoms with Crippen molar-refractivity contribution >= 4 is 11.8 Å². The van der Waals surface area contributed by atoms with Crippen LogP contribution in [-0.4, -0.2) is 25.9 Å². The van der Waals surface area contributed by atoms with Crippen molar-refractivity contribution in [2.24, 2.45) is 0 Å². The summed E-state index contributed by atoms with van der Waals surface area (Å²) in [6.07, 6.45) is -0.652. The minimum Gasteiger partial charge on any atom is -0.497 e. The highest BCUT2D eigenvalue weighted by molar-refractivity contribution is 5.86. The smallest absolute Gasteiger partial charge is 0.412 e. The molecule has 0 aromatic heterocycles. The number of carbonyl (C=O) groups excluding carboxylic acids is 1. The lowest BCUT2D eigenvalue weighted by molar-refractivity contribution is 0.0635. The molecule has 20 heavy (non-hydrogen) atoms. The van der Waals surface area contributed by atoms with E-state index in [9.17, 15) is 4.79 Å². The number of anilines is 1. The molecule has 112 valence electrons. The van der Waals surface area contributed by atoms with E-state index in [1.54, 1.807) is 20.3 Å². The third-order valence-electron chi connectivity index (χ3n) is 2.69. The van der Waals surface area contributed by atoms with E-state index in [0.29, 0.717) is 11.4 Å². The summed E-state index contributed by atoms with van der Waals surface area (Å²) < 4.78 is 15.7. The van der Waals surface area contributed by atoms with Crippen LogP contribution in [0.5, 0.6) is 5.75 Å². The fraction of sp³-hybridized carbons (Fsp3) is 0.533. The second-order valence-electron chi connectivity index (χ2n) is 5.46. The van der Waals surface area contributed by atoms with Crippen LogP contribution in [0.15, 0.2) is 18.2 Å². The van der Waals surface area contributed by atoms with Gasteiger partial charge in [-0.15, -0.1) is 0 Å². The average Bonchev–Trinajstić information content (AvgIpc) is 2.35. The molecule has 5 nitrogen and oxygen atoms in total. The first-order chi connectivity index (χ1) is 9.26. The van der Waals surface area contributed by atoms with Crippen molar-refractivity contribution in [2.75, 3.05) is 19.5 Å². The molecule has 0 saturated carbocycles. The van der Waals surface area contributed by atoms with E-state index < -0.39 is 11.7 Å². The van der Waals surface area contributed by atoms with Crippen molar-refractivity contribution in [3.8, 4) is 5.75 Å². The fourth-order valence-corrected chi connectivity index (χ4v) is 1.67. The predicted molar refractivity (Wildman–Crippen MR) is 78.3 cm³/mol. The van der Waals surface area contributed by atoms with E-state index in [2.05, 4.69) is 5.32 Å². The molecular formula is C15H23NO4. The van der Waals surface area contributed by atoms with Crippen LogP contribution in [0.2, 0.25) is 0 Å². The molecule has 0 heterocycles. The Morgan fingerprint density at radius 3 is 2.40 bits per heavy atom. The summed E-state index contributed by atoms with van der Waals surface area (Å²) in [5.74, 6) is 0.656. The van der Waals surface area contributed by atoms with Gasteiger partial charge < -0.3 is 14.2 Å². The molecule has 0 saturated heterocycles. The second-order valence-corrected chi connectivity index (χ2v) is 5.46. The van der Waals surface area contributed by atoms with Crippen molar-refractivity contribution in [1.29, 1.82) is 0 Å². The molecule has 1 aromatic carbocycles. The van der Waals surface area contributed by atoms with Gasteiger partial charge in [0, 0.05) is 18.7 Å². The van der Waals surface area contributed by atoms with E-state index in [1.807, 2.05) is 39.8 Å². The van der Waals surface area contributed by atoms with Gasteiger partial charge in [0.2, 0.25) is 0 Å². The summed E-state index contributed by atoms with van der Waals surface area (Å²) in [6, 6.07) is 5.43. The Bertz CT molecular complexity index is 465. The van der Waals surface area contributed by atoms with Gasteiger partial charge in [0.15, 0.2) is 0 Å². The molecule has 1 N–H and O–H groups in total. The molecule has 0 bridgehead atoms. The van der Waals surface area contributed by atoms with Gasteiger partial charge in [0.05, 0.1) is 18.9 Å². The Labute approximate surface area is 120 Å². The first-order valence-electron chi connectivity index (χ1n) is 6.47. The molecular weight excluding hydrogens is 258 g/mol. The number of benzene rings is 1. The summed E-state index contributed by atoms with van der Waals surface area (Å²) in [7, 11) is 3.19. The summed E-state index contributed by atoms with van der Waals surface area (Å²) in [5.41, 5.74) is 0.933. The van der Waals surface area contributed by atoms with Gasteiger partial charge >= 0.3 is 6.09 Å². The Morgan fingerprint density at radius 2 is 1.90 bits per heavy atom. The molecule has 1 aromatic rings. The normalized spacial score (nSPS) is 12.7. The lowest BCUT2D eigenvalue weighted by Crippen LogP contribution is -2.27. The molecule has 1 rings (SSSR count). The summed E-state index contributed by atoms with van der Waals surface area (Å²) in [6.45, 7) is 7.35. The van der Waals surface area contributed by atoms with Gasteiger partial charge in [-0.05, 0) is 33.8 Å². The van der Waals surface area contributed by atoms with E-state index >= 15 is 0 Å². The largest absolute Gasteiger partial charge is 0.497 e. The SMILES string of the molecule is COc1ccc(C(C)OC)c(NC(=O)OC(C)(C)C)c1. The lowest BCUT2D eigenvalue weighted by atomic mass is 10.1. The Balaban J connectivity index is 2.98. The van der Waals surface area contributed by atoms with Gasteiger partial charge in [-0.25, -0.2) is 4.79 Å². The number of rotatable bonds is 4. The van der Waals surface area contributed by atoms with Crippen LogP contribution >= 0.6 is 0 Å². The van der Waals surface area contributed by atoms with E-state index in [-0.39, 0.29) is 6.10 Å². The van der Waals surface area contributed by atoms with Gasteiger partial charge in [0.1, 0.15) is 11.4 Å². The number of amides is 1. The third kappa shape index (κ3) is 4.74. The fourth-order valence-electron chi connectivity index (χ4n) is 1.67. The van der Waals surface area contributed by atoms with E-state index in [0.717, 1.165) is 5.56 Å². The average molecular weight is 281 g/mol. The quantitative estimate of drug-likeness (QED) is 0.913. The van der Waals surface area contributed by atoms with Crippen molar-refractivity contribution in [2.45, 2.75) is 39.4 Å². The Hall–Kier alpha value is -1.75. The number of hydrogen-bond donors (Lipinski definition) is 1. The maximum Gasteiger partial charge on any atom is 0.412 e. The molecule has 0 radical (unpaired) electrons. The van der Waals surface area contributed by atoms with Crippen molar-refractivity contribution in [3.63, 3.8) is 0 Å². The highest BCUT2D eigenvalue weighted by Crippen LogP contribution is 2.29. The minimum absolute atomic E-state index is 0.147. The highest BCUT2D eigenvalue weighted by atomic mass is 16.6. The highest BCUT2D eigenvalue weighted by Gasteiger charge is 2.19. The molecule has 0 spiro atoms. The van der Waals surface area contributed by atoms with Crippen molar-refractivity contribution in [1.82, 2.24) is 0 Å². The van der Waals surface area contributed by atoms with Gasteiger partial charge in [-0.2, -0.15) is 0 Å². The molecule has 0 aliphatic rings. The Morgan fingerprint density at radius 1 is 1.25 bits per heavy atom.